The molecule has 0 aliphatic heterocycles. The average Bonchev–Trinajstić information content (AvgIpc) is 2.72. The second-order valence-electron chi connectivity index (χ2n) is 3.17. The molecule has 72 valence electrons. The highest BCUT2D eigenvalue weighted by atomic mass is 16.3. The Labute approximate surface area is 82.6 Å². The van der Waals surface area contributed by atoms with Crippen LogP contribution in [0, 0.1) is 0 Å². The summed E-state index contributed by atoms with van der Waals surface area (Å²) in [5, 5.41) is 0. The van der Waals surface area contributed by atoms with E-state index in [9.17, 15) is 0 Å². The molecule has 3 heteroatoms. The molecule has 0 saturated heterocycles. The van der Waals surface area contributed by atoms with Crippen LogP contribution in [0.2, 0.25) is 0 Å². The summed E-state index contributed by atoms with van der Waals surface area (Å²) in [4.78, 5) is 3.87. The van der Waals surface area contributed by atoms with Crippen molar-refractivity contribution in [2.24, 2.45) is 5.73 Å². The molecule has 0 aliphatic rings. The number of rotatable bonds is 3. The van der Waals surface area contributed by atoms with Crippen molar-refractivity contribution in [3.8, 4) is 0 Å². The minimum absolute atomic E-state index is 0.586. The van der Waals surface area contributed by atoms with Crippen molar-refractivity contribution in [1.82, 2.24) is 4.98 Å². The molecule has 2 N–H and O–H groups in total. The highest BCUT2D eigenvalue weighted by molar-refractivity contribution is 5.24. The van der Waals surface area contributed by atoms with Gasteiger partial charge < -0.3 is 10.2 Å². The van der Waals surface area contributed by atoms with E-state index in [4.69, 9.17) is 10.2 Å². The van der Waals surface area contributed by atoms with Crippen molar-refractivity contribution < 1.29 is 4.42 Å². The molecule has 0 bridgehead atoms. The summed E-state index contributed by atoms with van der Waals surface area (Å²) in [6, 6.07) is 8.19. The molecule has 1 aromatic heterocycles. The second kappa shape index (κ2) is 4.07. The Hall–Kier alpha value is -1.61. The highest BCUT2D eigenvalue weighted by Gasteiger charge is 1.98. The van der Waals surface area contributed by atoms with E-state index in [1.165, 1.54) is 12.0 Å². The van der Waals surface area contributed by atoms with E-state index in [2.05, 4.69) is 17.1 Å². The van der Waals surface area contributed by atoms with Crippen molar-refractivity contribution in [3.05, 3.63) is 53.7 Å². The van der Waals surface area contributed by atoms with Crippen LogP contribution in [0.1, 0.15) is 16.9 Å². The van der Waals surface area contributed by atoms with Gasteiger partial charge in [-0.15, -0.1) is 0 Å². The molecule has 14 heavy (non-hydrogen) atoms. The molecule has 1 aromatic carbocycles. The molecule has 0 spiro atoms. The summed E-state index contributed by atoms with van der Waals surface area (Å²) in [5.41, 5.74) is 7.86. The number of aromatic nitrogens is 1. The lowest BCUT2D eigenvalue weighted by Gasteiger charge is -1.99. The molecular weight excluding hydrogens is 176 g/mol. The minimum Gasteiger partial charge on any atom is -0.448 e. The van der Waals surface area contributed by atoms with Crippen LogP contribution < -0.4 is 5.73 Å². The Morgan fingerprint density at radius 3 is 2.43 bits per heavy atom. The predicted molar refractivity (Wildman–Crippen MR) is 53.6 cm³/mol. The third-order valence-corrected chi connectivity index (χ3v) is 2.12. The average molecular weight is 188 g/mol. The Bertz CT molecular complexity index is 378. The van der Waals surface area contributed by atoms with Crippen LogP contribution in [-0.4, -0.2) is 4.98 Å². The highest BCUT2D eigenvalue weighted by Crippen LogP contribution is 2.09. The van der Waals surface area contributed by atoms with Gasteiger partial charge in [-0.2, -0.15) is 0 Å². The first kappa shape index (κ1) is 8.97. The normalized spacial score (nSPS) is 10.4. The van der Waals surface area contributed by atoms with Gasteiger partial charge in [0.05, 0.1) is 6.20 Å². The van der Waals surface area contributed by atoms with Crippen LogP contribution in [0.3, 0.4) is 0 Å². The first-order valence-electron chi connectivity index (χ1n) is 4.54. The van der Waals surface area contributed by atoms with E-state index >= 15 is 0 Å². The van der Waals surface area contributed by atoms with E-state index in [0.29, 0.717) is 6.54 Å². The number of hydrogen-bond donors (Lipinski definition) is 1. The summed E-state index contributed by atoms with van der Waals surface area (Å²) in [6.45, 7) is 0.586. The standard InChI is InChI=1S/C11H12N2O/c12-6-10-3-1-9(2-4-10)5-11-7-13-8-14-11/h1-4,7-8H,5-6,12H2. The molecular formula is C11H12N2O. The van der Waals surface area contributed by atoms with Gasteiger partial charge in [0.15, 0.2) is 6.39 Å². The molecule has 0 fully saturated rings. The third kappa shape index (κ3) is 2.00. The lowest BCUT2D eigenvalue weighted by Crippen LogP contribution is -1.96. The maximum absolute atomic E-state index is 5.51. The molecule has 3 nitrogen and oxygen atoms in total. The zero-order valence-electron chi connectivity index (χ0n) is 7.81. The molecule has 2 aromatic rings. The van der Waals surface area contributed by atoms with Crippen LogP contribution >= 0.6 is 0 Å². The number of nitrogens with two attached hydrogens (primary N) is 1. The van der Waals surface area contributed by atoms with E-state index < -0.39 is 0 Å². The molecule has 0 atom stereocenters. The van der Waals surface area contributed by atoms with Crippen molar-refractivity contribution in [2.45, 2.75) is 13.0 Å². The number of oxazole rings is 1. The van der Waals surface area contributed by atoms with Crippen LogP contribution in [0.5, 0.6) is 0 Å². The quantitative estimate of drug-likeness (QED) is 0.798. The fraction of sp³-hybridized carbons (Fsp3) is 0.182. The van der Waals surface area contributed by atoms with Crippen LogP contribution in [-0.2, 0) is 13.0 Å². The first-order chi connectivity index (χ1) is 6.88. The SMILES string of the molecule is NCc1ccc(Cc2cnco2)cc1. The van der Waals surface area contributed by atoms with Gasteiger partial charge in [0.2, 0.25) is 0 Å². The monoisotopic (exact) mass is 188 g/mol. The summed E-state index contributed by atoms with van der Waals surface area (Å²) in [7, 11) is 0. The first-order valence-corrected chi connectivity index (χ1v) is 4.54. The predicted octanol–water partition coefficient (Wildman–Crippen LogP) is 1.72. The van der Waals surface area contributed by atoms with Crippen molar-refractivity contribution >= 4 is 0 Å². The number of benzene rings is 1. The van der Waals surface area contributed by atoms with Gasteiger partial charge in [0.25, 0.3) is 0 Å². The van der Waals surface area contributed by atoms with Crippen molar-refractivity contribution in [3.63, 3.8) is 0 Å². The summed E-state index contributed by atoms with van der Waals surface area (Å²) in [5.74, 6) is 0.880. The van der Waals surface area contributed by atoms with Gasteiger partial charge >= 0.3 is 0 Å². The molecule has 0 unspecified atom stereocenters. The van der Waals surface area contributed by atoms with Crippen LogP contribution in [0.25, 0.3) is 0 Å². The molecule has 1 heterocycles. The Balaban J connectivity index is 2.10. The maximum Gasteiger partial charge on any atom is 0.180 e. The molecule has 0 amide bonds. The topological polar surface area (TPSA) is 52.0 Å². The molecule has 0 saturated carbocycles. The maximum atomic E-state index is 5.51. The fourth-order valence-electron chi connectivity index (χ4n) is 1.32. The van der Waals surface area contributed by atoms with Gasteiger partial charge in [-0.3, -0.25) is 0 Å². The lowest BCUT2D eigenvalue weighted by molar-refractivity contribution is 0.514. The summed E-state index contributed by atoms with van der Waals surface area (Å²) in [6.07, 6.45) is 3.96. The van der Waals surface area contributed by atoms with E-state index in [1.54, 1.807) is 6.20 Å². The summed E-state index contributed by atoms with van der Waals surface area (Å²) < 4.78 is 5.16. The molecule has 2 rings (SSSR count). The van der Waals surface area contributed by atoms with Crippen molar-refractivity contribution in [1.29, 1.82) is 0 Å². The Morgan fingerprint density at radius 2 is 1.86 bits per heavy atom. The number of hydrogen-bond acceptors (Lipinski definition) is 3. The zero-order valence-corrected chi connectivity index (χ0v) is 7.81. The largest absolute Gasteiger partial charge is 0.448 e. The third-order valence-electron chi connectivity index (χ3n) is 2.12. The van der Waals surface area contributed by atoms with Gasteiger partial charge in [-0.05, 0) is 11.1 Å². The number of nitrogens with zero attached hydrogens (tertiary/aromatic N) is 1. The summed E-state index contributed by atoms with van der Waals surface area (Å²) >= 11 is 0. The molecule has 0 aliphatic carbocycles. The lowest BCUT2D eigenvalue weighted by atomic mass is 10.1. The van der Waals surface area contributed by atoms with E-state index in [-0.39, 0.29) is 0 Å². The smallest absolute Gasteiger partial charge is 0.180 e. The van der Waals surface area contributed by atoms with Gasteiger partial charge in [0.1, 0.15) is 5.76 Å². The zero-order chi connectivity index (χ0) is 9.80. The van der Waals surface area contributed by atoms with Crippen LogP contribution in [0.4, 0.5) is 0 Å². The van der Waals surface area contributed by atoms with Gasteiger partial charge in [-0.25, -0.2) is 4.98 Å². The fourth-order valence-corrected chi connectivity index (χ4v) is 1.32. The minimum atomic E-state index is 0.586. The van der Waals surface area contributed by atoms with Gasteiger partial charge in [0, 0.05) is 13.0 Å². The van der Waals surface area contributed by atoms with Crippen molar-refractivity contribution in [2.75, 3.05) is 0 Å². The van der Waals surface area contributed by atoms with E-state index in [0.717, 1.165) is 17.7 Å². The Kier molecular flexibility index (Phi) is 2.60. The van der Waals surface area contributed by atoms with Gasteiger partial charge in [-0.1, -0.05) is 24.3 Å². The molecule has 0 radical (unpaired) electrons. The Morgan fingerprint density at radius 1 is 1.14 bits per heavy atom. The second-order valence-corrected chi connectivity index (χ2v) is 3.17. The van der Waals surface area contributed by atoms with Crippen LogP contribution in [0.15, 0.2) is 41.3 Å². The van der Waals surface area contributed by atoms with E-state index in [1.807, 2.05) is 12.1 Å².